The number of carbonyl (C=O) groups excluding carboxylic acids is 1. The van der Waals surface area contributed by atoms with Crippen molar-refractivity contribution in [3.8, 4) is 0 Å². The third-order valence-electron chi connectivity index (χ3n) is 4.03. The van der Waals surface area contributed by atoms with E-state index in [0.717, 1.165) is 39.1 Å². The molecule has 0 spiro atoms. The maximum atomic E-state index is 11.8. The van der Waals surface area contributed by atoms with Gasteiger partial charge in [0.25, 0.3) is 0 Å². The first-order valence-electron chi connectivity index (χ1n) is 7.40. The zero-order chi connectivity index (χ0) is 13.7. The van der Waals surface area contributed by atoms with Gasteiger partial charge in [-0.05, 0) is 25.7 Å². The molecule has 1 aliphatic carbocycles. The van der Waals surface area contributed by atoms with Crippen LogP contribution < -0.4 is 5.32 Å². The molecule has 0 aromatic rings. The zero-order valence-electron chi connectivity index (χ0n) is 12.1. The van der Waals surface area contributed by atoms with Gasteiger partial charge in [-0.1, -0.05) is 6.92 Å². The second-order valence-electron chi connectivity index (χ2n) is 5.48. The molecule has 1 aliphatic heterocycles. The minimum absolute atomic E-state index is 0.131. The minimum Gasteiger partial charge on any atom is -0.468 e. The summed E-state index contributed by atoms with van der Waals surface area (Å²) in [6.07, 6.45) is 4.28. The number of hydrogen-bond donors (Lipinski definition) is 1. The van der Waals surface area contributed by atoms with Crippen LogP contribution in [0.3, 0.4) is 0 Å². The topological polar surface area (TPSA) is 50.8 Å². The van der Waals surface area contributed by atoms with Crippen LogP contribution >= 0.6 is 0 Å². The van der Waals surface area contributed by atoms with Crippen molar-refractivity contribution in [1.82, 2.24) is 10.2 Å². The monoisotopic (exact) mass is 270 g/mol. The maximum absolute atomic E-state index is 11.8. The molecule has 2 atom stereocenters. The van der Waals surface area contributed by atoms with Crippen LogP contribution in [0.2, 0.25) is 0 Å². The Hall–Kier alpha value is -0.650. The van der Waals surface area contributed by atoms with Crippen molar-refractivity contribution in [2.75, 3.05) is 33.4 Å². The Morgan fingerprint density at radius 3 is 2.95 bits per heavy atom. The fraction of sp³-hybridized carbons (Fsp3) is 0.929. The molecule has 2 rings (SSSR count). The summed E-state index contributed by atoms with van der Waals surface area (Å²) in [6, 6.07) is 0.863. The van der Waals surface area contributed by atoms with E-state index in [4.69, 9.17) is 9.47 Å². The molecule has 1 saturated carbocycles. The molecule has 2 unspecified atom stereocenters. The van der Waals surface area contributed by atoms with E-state index in [0.29, 0.717) is 12.1 Å². The number of morpholine rings is 1. The van der Waals surface area contributed by atoms with Crippen LogP contribution in [0.1, 0.15) is 32.6 Å². The van der Waals surface area contributed by atoms with Gasteiger partial charge in [-0.3, -0.25) is 9.69 Å². The number of ether oxygens (including phenoxy) is 2. The second-order valence-corrected chi connectivity index (χ2v) is 5.48. The lowest BCUT2D eigenvalue weighted by Gasteiger charge is -2.35. The van der Waals surface area contributed by atoms with Gasteiger partial charge < -0.3 is 14.8 Å². The van der Waals surface area contributed by atoms with E-state index < -0.39 is 0 Å². The highest BCUT2D eigenvalue weighted by molar-refractivity contribution is 5.75. The summed E-state index contributed by atoms with van der Waals surface area (Å²) in [5.41, 5.74) is 0. The fourth-order valence-corrected chi connectivity index (χ4v) is 2.60. The van der Waals surface area contributed by atoms with Gasteiger partial charge in [0.1, 0.15) is 6.04 Å². The Bertz CT molecular complexity index is 294. The third kappa shape index (κ3) is 4.44. The highest BCUT2D eigenvalue weighted by atomic mass is 16.5. The van der Waals surface area contributed by atoms with Crippen molar-refractivity contribution in [3.05, 3.63) is 0 Å². The Labute approximate surface area is 115 Å². The van der Waals surface area contributed by atoms with Gasteiger partial charge >= 0.3 is 5.97 Å². The summed E-state index contributed by atoms with van der Waals surface area (Å²) in [5, 5.41) is 3.38. The number of rotatable bonds is 7. The quantitative estimate of drug-likeness (QED) is 0.693. The van der Waals surface area contributed by atoms with E-state index in [1.165, 1.54) is 20.0 Å². The lowest BCUT2D eigenvalue weighted by atomic mass is 10.1. The second kappa shape index (κ2) is 7.22. The summed E-state index contributed by atoms with van der Waals surface area (Å²) in [7, 11) is 1.47. The van der Waals surface area contributed by atoms with E-state index in [-0.39, 0.29) is 12.0 Å². The first kappa shape index (κ1) is 14.8. The molecule has 110 valence electrons. The molecule has 1 N–H and O–H groups in total. The Kier molecular flexibility index (Phi) is 5.60. The van der Waals surface area contributed by atoms with E-state index in [9.17, 15) is 4.79 Å². The van der Waals surface area contributed by atoms with E-state index >= 15 is 0 Å². The van der Waals surface area contributed by atoms with Gasteiger partial charge in [-0.2, -0.15) is 0 Å². The molecule has 1 saturated heterocycles. The highest BCUT2D eigenvalue weighted by Crippen LogP contribution is 2.20. The predicted molar refractivity (Wildman–Crippen MR) is 73.0 cm³/mol. The van der Waals surface area contributed by atoms with Crippen molar-refractivity contribution in [3.63, 3.8) is 0 Å². The fourth-order valence-electron chi connectivity index (χ4n) is 2.60. The summed E-state index contributed by atoms with van der Waals surface area (Å²) in [6.45, 7) is 5.70. The number of esters is 1. The molecule has 0 aromatic heterocycles. The summed E-state index contributed by atoms with van der Waals surface area (Å²) >= 11 is 0. The number of nitrogens with one attached hydrogen (secondary N) is 1. The lowest BCUT2D eigenvalue weighted by Crippen LogP contribution is -2.48. The molecular weight excluding hydrogens is 244 g/mol. The normalized spacial score (nSPS) is 26.1. The van der Waals surface area contributed by atoms with Crippen molar-refractivity contribution in [1.29, 1.82) is 0 Å². The Morgan fingerprint density at radius 1 is 1.53 bits per heavy atom. The van der Waals surface area contributed by atoms with Crippen molar-refractivity contribution < 1.29 is 14.3 Å². The predicted octanol–water partition coefficient (Wildman–Crippen LogP) is 0.781. The average Bonchev–Trinajstić information content (AvgIpc) is 3.26. The molecular formula is C14H26N2O3. The summed E-state index contributed by atoms with van der Waals surface area (Å²) in [5.74, 6) is -0.131. The molecule has 5 heteroatoms. The molecule has 1 heterocycles. The maximum Gasteiger partial charge on any atom is 0.322 e. The molecule has 2 aliphatic rings. The van der Waals surface area contributed by atoms with Crippen molar-refractivity contribution >= 4 is 5.97 Å². The highest BCUT2D eigenvalue weighted by Gasteiger charge is 2.30. The SMILES string of the molecule is CCC1COCCN1CCC(NC1CC1)C(=O)OC. The number of carbonyl (C=O) groups is 1. The molecule has 0 radical (unpaired) electrons. The molecule has 0 amide bonds. The van der Waals surface area contributed by atoms with Crippen molar-refractivity contribution in [2.45, 2.75) is 50.7 Å². The Morgan fingerprint density at radius 2 is 2.32 bits per heavy atom. The largest absolute Gasteiger partial charge is 0.468 e. The van der Waals surface area contributed by atoms with Gasteiger partial charge in [0.2, 0.25) is 0 Å². The van der Waals surface area contributed by atoms with E-state index in [2.05, 4.69) is 17.1 Å². The number of hydrogen-bond acceptors (Lipinski definition) is 5. The number of nitrogens with zero attached hydrogens (tertiary/aromatic N) is 1. The lowest BCUT2D eigenvalue weighted by molar-refractivity contribution is -0.143. The van der Waals surface area contributed by atoms with E-state index in [1.807, 2.05) is 0 Å². The van der Waals surface area contributed by atoms with Gasteiger partial charge in [0.15, 0.2) is 0 Å². The number of methoxy groups -OCH3 is 1. The molecule has 2 fully saturated rings. The molecule has 0 aromatic carbocycles. The van der Waals surface area contributed by atoms with Crippen LogP contribution in [0.15, 0.2) is 0 Å². The molecule has 0 bridgehead atoms. The van der Waals surface area contributed by atoms with Crippen LogP contribution in [0.5, 0.6) is 0 Å². The molecule has 5 nitrogen and oxygen atoms in total. The van der Waals surface area contributed by atoms with Gasteiger partial charge in [-0.25, -0.2) is 0 Å². The Balaban J connectivity index is 1.80. The minimum atomic E-state index is -0.155. The van der Waals surface area contributed by atoms with Gasteiger partial charge in [0.05, 0.1) is 20.3 Å². The van der Waals surface area contributed by atoms with E-state index in [1.54, 1.807) is 0 Å². The first-order valence-corrected chi connectivity index (χ1v) is 7.40. The third-order valence-corrected chi connectivity index (χ3v) is 4.03. The van der Waals surface area contributed by atoms with Gasteiger partial charge in [0, 0.05) is 25.2 Å². The van der Waals surface area contributed by atoms with Crippen LogP contribution in [0.4, 0.5) is 0 Å². The first-order chi connectivity index (χ1) is 9.24. The van der Waals surface area contributed by atoms with Crippen LogP contribution in [-0.2, 0) is 14.3 Å². The zero-order valence-corrected chi connectivity index (χ0v) is 12.1. The standard InChI is InChI=1S/C14H26N2O3/c1-3-12-10-19-9-8-16(12)7-6-13(14(17)18-2)15-11-4-5-11/h11-13,15H,3-10H2,1-2H3. The van der Waals surface area contributed by atoms with Crippen LogP contribution in [-0.4, -0.2) is 62.4 Å². The van der Waals surface area contributed by atoms with Crippen molar-refractivity contribution in [2.24, 2.45) is 0 Å². The van der Waals surface area contributed by atoms with Gasteiger partial charge in [-0.15, -0.1) is 0 Å². The average molecular weight is 270 g/mol. The van der Waals surface area contributed by atoms with Crippen LogP contribution in [0.25, 0.3) is 0 Å². The molecule has 19 heavy (non-hydrogen) atoms. The summed E-state index contributed by atoms with van der Waals surface area (Å²) < 4.78 is 10.4. The summed E-state index contributed by atoms with van der Waals surface area (Å²) in [4.78, 5) is 14.2. The smallest absolute Gasteiger partial charge is 0.322 e. The van der Waals surface area contributed by atoms with Crippen LogP contribution in [0, 0.1) is 0 Å².